The number of methoxy groups -OCH3 is 1. The number of carbonyl (C=O) groups is 2. The highest BCUT2D eigenvalue weighted by atomic mass is 19.1. The molecule has 3 rings (SSSR count). The summed E-state index contributed by atoms with van der Waals surface area (Å²) in [5, 5.41) is 11.8. The number of benzene rings is 1. The summed E-state index contributed by atoms with van der Waals surface area (Å²) in [6.45, 7) is 2.84. The highest BCUT2D eigenvalue weighted by Crippen LogP contribution is 2.27. The molecule has 0 aliphatic carbocycles. The number of amides is 1. The van der Waals surface area contributed by atoms with Crippen LogP contribution in [-0.2, 0) is 4.79 Å². The Labute approximate surface area is 156 Å². The zero-order valence-corrected chi connectivity index (χ0v) is 15.3. The lowest BCUT2D eigenvalue weighted by atomic mass is 10.1. The highest BCUT2D eigenvalue weighted by Gasteiger charge is 2.31. The predicted octanol–water partition coefficient (Wildman–Crippen LogP) is 0.259. The van der Waals surface area contributed by atoms with E-state index in [0.717, 1.165) is 32.2 Å². The van der Waals surface area contributed by atoms with Crippen molar-refractivity contribution in [1.29, 1.82) is 0 Å². The van der Waals surface area contributed by atoms with E-state index in [1.807, 2.05) is 0 Å². The molecule has 0 bridgehead atoms. The van der Waals surface area contributed by atoms with Crippen molar-refractivity contribution < 1.29 is 23.8 Å². The molecule has 0 saturated carbocycles. The van der Waals surface area contributed by atoms with E-state index in [4.69, 9.17) is 4.74 Å². The summed E-state index contributed by atoms with van der Waals surface area (Å²) < 4.78 is 18.6. The third-order valence-electron chi connectivity index (χ3n) is 4.88. The molecule has 2 atom stereocenters. The summed E-state index contributed by atoms with van der Waals surface area (Å²) >= 11 is 0. The van der Waals surface area contributed by atoms with Crippen LogP contribution in [0.2, 0.25) is 0 Å². The minimum Gasteiger partial charge on any atom is -0.494 e. The first-order valence-corrected chi connectivity index (χ1v) is 8.74. The molecule has 27 heavy (non-hydrogen) atoms. The van der Waals surface area contributed by atoms with E-state index in [9.17, 15) is 19.1 Å². The Balaban J connectivity index is 1.63. The topological polar surface area (TPSA) is 106 Å². The normalized spacial score (nSPS) is 24.0. The van der Waals surface area contributed by atoms with Crippen LogP contribution in [0.4, 0.5) is 10.1 Å². The molecular formula is C17H24FN5O4. The first-order chi connectivity index (χ1) is 12.9. The third kappa shape index (κ3) is 4.35. The molecule has 1 aromatic carbocycles. The number of carboxylic acid groups (broad SMARTS) is 1. The van der Waals surface area contributed by atoms with Gasteiger partial charge in [-0.1, -0.05) is 0 Å². The molecule has 2 unspecified atom stereocenters. The van der Waals surface area contributed by atoms with Gasteiger partial charge in [-0.25, -0.2) is 20.0 Å². The molecule has 0 spiro atoms. The first-order valence-electron chi connectivity index (χ1n) is 8.74. The SMILES string of the molecule is COc1cc(NC(=O)C2CCC(N3CCN(C)C3)NN2)c(C(=O)O)cc1F. The van der Waals surface area contributed by atoms with Crippen molar-refractivity contribution in [1.82, 2.24) is 20.7 Å². The lowest BCUT2D eigenvalue weighted by Crippen LogP contribution is -2.60. The molecule has 148 valence electrons. The van der Waals surface area contributed by atoms with E-state index >= 15 is 0 Å². The number of rotatable bonds is 5. The second-order valence-corrected chi connectivity index (χ2v) is 6.79. The van der Waals surface area contributed by atoms with Crippen LogP contribution in [0.3, 0.4) is 0 Å². The highest BCUT2D eigenvalue weighted by molar-refractivity contribution is 6.02. The number of hydrogen-bond donors (Lipinski definition) is 4. The molecule has 2 aliphatic heterocycles. The van der Waals surface area contributed by atoms with Crippen molar-refractivity contribution in [2.45, 2.75) is 25.0 Å². The maximum absolute atomic E-state index is 13.8. The zero-order valence-electron chi connectivity index (χ0n) is 15.3. The van der Waals surface area contributed by atoms with Gasteiger partial charge in [-0.2, -0.15) is 0 Å². The average molecular weight is 381 g/mol. The number of nitrogens with zero attached hydrogens (tertiary/aromatic N) is 2. The van der Waals surface area contributed by atoms with E-state index in [-0.39, 0.29) is 23.2 Å². The van der Waals surface area contributed by atoms with Gasteiger partial charge in [0.05, 0.1) is 31.2 Å². The zero-order chi connectivity index (χ0) is 19.6. The molecule has 1 aromatic rings. The van der Waals surface area contributed by atoms with Crippen molar-refractivity contribution in [3.8, 4) is 5.75 Å². The Kier molecular flexibility index (Phi) is 5.90. The van der Waals surface area contributed by atoms with Crippen molar-refractivity contribution >= 4 is 17.6 Å². The minimum atomic E-state index is -1.33. The van der Waals surface area contributed by atoms with E-state index < -0.39 is 23.7 Å². The number of anilines is 1. The molecule has 2 saturated heterocycles. The van der Waals surface area contributed by atoms with Crippen LogP contribution in [0.1, 0.15) is 23.2 Å². The monoisotopic (exact) mass is 381 g/mol. The van der Waals surface area contributed by atoms with Gasteiger partial charge in [-0.15, -0.1) is 0 Å². The summed E-state index contributed by atoms with van der Waals surface area (Å²) in [6.07, 6.45) is 1.50. The standard InChI is InChI=1S/C17H24FN5O4/c1-22-5-6-23(9-22)15-4-3-12(20-21-15)16(24)19-13-8-14(27-2)11(18)7-10(13)17(25)26/h7-8,12,15,20-21H,3-6,9H2,1-2H3,(H,19,24)(H,25,26). The molecule has 2 heterocycles. The van der Waals surface area contributed by atoms with E-state index in [1.165, 1.54) is 13.2 Å². The van der Waals surface area contributed by atoms with Crippen LogP contribution in [0.5, 0.6) is 5.75 Å². The van der Waals surface area contributed by atoms with Gasteiger partial charge >= 0.3 is 5.97 Å². The predicted molar refractivity (Wildman–Crippen MR) is 95.8 cm³/mol. The number of carbonyl (C=O) groups excluding carboxylic acids is 1. The number of likely N-dealkylation sites (N-methyl/N-ethyl adjacent to an activating group) is 1. The van der Waals surface area contributed by atoms with Crippen LogP contribution in [-0.4, -0.2) is 72.9 Å². The van der Waals surface area contributed by atoms with Gasteiger partial charge in [-0.3, -0.25) is 14.6 Å². The summed E-state index contributed by atoms with van der Waals surface area (Å²) in [5.41, 5.74) is 5.82. The maximum Gasteiger partial charge on any atom is 0.337 e. The smallest absolute Gasteiger partial charge is 0.337 e. The molecule has 4 N–H and O–H groups in total. The van der Waals surface area contributed by atoms with Gasteiger partial charge in [0.15, 0.2) is 11.6 Å². The fraction of sp³-hybridized carbons (Fsp3) is 0.529. The molecule has 1 amide bonds. The van der Waals surface area contributed by atoms with Crippen LogP contribution in [0, 0.1) is 5.82 Å². The number of hydrazine groups is 1. The summed E-state index contributed by atoms with van der Waals surface area (Å²) in [5.74, 6) is -2.66. The number of hydrogen-bond acceptors (Lipinski definition) is 7. The number of ether oxygens (including phenoxy) is 1. The maximum atomic E-state index is 13.8. The molecule has 0 aromatic heterocycles. The molecular weight excluding hydrogens is 357 g/mol. The molecule has 2 aliphatic rings. The largest absolute Gasteiger partial charge is 0.494 e. The molecule has 10 heteroatoms. The van der Waals surface area contributed by atoms with Gasteiger partial charge in [-0.05, 0) is 26.0 Å². The first kappa shape index (κ1) is 19.5. The van der Waals surface area contributed by atoms with Crippen molar-refractivity contribution in [2.24, 2.45) is 0 Å². The van der Waals surface area contributed by atoms with Crippen molar-refractivity contribution in [2.75, 3.05) is 39.2 Å². The average Bonchev–Trinajstić information content (AvgIpc) is 3.09. The molecule has 2 fully saturated rings. The number of aromatic carboxylic acids is 1. The third-order valence-corrected chi connectivity index (χ3v) is 4.88. The molecule has 9 nitrogen and oxygen atoms in total. The van der Waals surface area contributed by atoms with E-state index in [0.29, 0.717) is 6.42 Å². The van der Waals surface area contributed by atoms with Crippen LogP contribution in [0.25, 0.3) is 0 Å². The van der Waals surface area contributed by atoms with Crippen molar-refractivity contribution in [3.63, 3.8) is 0 Å². The van der Waals surface area contributed by atoms with Gasteiger partial charge in [0.2, 0.25) is 5.91 Å². The Morgan fingerprint density at radius 3 is 2.63 bits per heavy atom. The lowest BCUT2D eigenvalue weighted by molar-refractivity contribution is -0.119. The van der Waals surface area contributed by atoms with Gasteiger partial charge < -0.3 is 15.2 Å². The summed E-state index contributed by atoms with van der Waals surface area (Å²) in [6, 6.07) is 1.48. The fourth-order valence-electron chi connectivity index (χ4n) is 3.35. The Bertz CT molecular complexity index is 724. The Morgan fingerprint density at radius 1 is 1.30 bits per heavy atom. The van der Waals surface area contributed by atoms with Gasteiger partial charge in [0.25, 0.3) is 0 Å². The molecule has 0 radical (unpaired) electrons. The number of carboxylic acids is 1. The second kappa shape index (κ2) is 8.17. The Morgan fingerprint density at radius 2 is 2.07 bits per heavy atom. The number of halogens is 1. The quantitative estimate of drug-likeness (QED) is 0.576. The number of nitrogens with one attached hydrogen (secondary N) is 3. The van der Waals surface area contributed by atoms with Gasteiger partial charge in [0, 0.05) is 19.2 Å². The lowest BCUT2D eigenvalue weighted by Gasteiger charge is -2.35. The van der Waals surface area contributed by atoms with Crippen LogP contribution in [0.15, 0.2) is 12.1 Å². The Hall–Kier alpha value is -2.27. The fourth-order valence-corrected chi connectivity index (χ4v) is 3.35. The minimum absolute atomic E-state index is 0.00385. The van der Waals surface area contributed by atoms with Gasteiger partial charge in [0.1, 0.15) is 6.04 Å². The second-order valence-electron chi connectivity index (χ2n) is 6.79. The van der Waals surface area contributed by atoms with Crippen LogP contribution < -0.4 is 20.9 Å². The summed E-state index contributed by atoms with van der Waals surface area (Å²) in [7, 11) is 3.33. The van der Waals surface area contributed by atoms with Crippen molar-refractivity contribution in [3.05, 3.63) is 23.5 Å². The summed E-state index contributed by atoms with van der Waals surface area (Å²) in [4.78, 5) is 28.4. The van der Waals surface area contributed by atoms with Crippen LogP contribution >= 0.6 is 0 Å². The van der Waals surface area contributed by atoms with E-state index in [2.05, 4.69) is 33.0 Å². The van der Waals surface area contributed by atoms with E-state index in [1.54, 1.807) is 0 Å².